The molecule has 0 radical (unpaired) electrons. The van der Waals surface area contributed by atoms with E-state index in [-0.39, 0.29) is 11.8 Å². The van der Waals surface area contributed by atoms with Crippen molar-refractivity contribution < 1.29 is 9.53 Å². The van der Waals surface area contributed by atoms with Crippen LogP contribution in [0.1, 0.15) is 64.9 Å². The largest absolute Gasteiger partial charge is 0.494 e. The van der Waals surface area contributed by atoms with Crippen molar-refractivity contribution in [2.24, 2.45) is 11.8 Å². The van der Waals surface area contributed by atoms with E-state index in [1.807, 2.05) is 13.8 Å². The molecule has 0 bridgehead atoms. The quantitative estimate of drug-likeness (QED) is 0.578. The van der Waals surface area contributed by atoms with Crippen LogP contribution in [-0.2, 0) is 4.79 Å². The van der Waals surface area contributed by atoms with Gasteiger partial charge in [0.1, 0.15) is 11.5 Å². The van der Waals surface area contributed by atoms with E-state index in [0.717, 1.165) is 38.0 Å². The lowest BCUT2D eigenvalue weighted by Gasteiger charge is -2.22. The molecule has 1 aliphatic carbocycles. The van der Waals surface area contributed by atoms with Gasteiger partial charge in [-0.3, -0.25) is 4.79 Å². The Morgan fingerprint density at radius 1 is 1.22 bits per heavy atom. The highest BCUT2D eigenvalue weighted by molar-refractivity contribution is 5.84. The topological polar surface area (TPSA) is 26.3 Å². The minimum absolute atomic E-state index is 0.152. The summed E-state index contributed by atoms with van der Waals surface area (Å²) in [6.45, 7) is 7.00. The highest BCUT2D eigenvalue weighted by Gasteiger charge is 2.23. The van der Waals surface area contributed by atoms with Crippen molar-refractivity contribution in [3.8, 4) is 5.75 Å². The van der Waals surface area contributed by atoms with Gasteiger partial charge < -0.3 is 4.74 Å². The number of hydrogen-bond acceptors (Lipinski definition) is 2. The minimum atomic E-state index is 0.152. The zero-order valence-electron chi connectivity index (χ0n) is 14.8. The summed E-state index contributed by atoms with van der Waals surface area (Å²) in [7, 11) is 0. The predicted molar refractivity (Wildman–Crippen MR) is 96.6 cm³/mol. The van der Waals surface area contributed by atoms with Crippen LogP contribution in [0, 0.1) is 11.8 Å². The highest BCUT2D eigenvalue weighted by atomic mass is 16.5. The van der Waals surface area contributed by atoms with Crippen molar-refractivity contribution >= 4 is 11.4 Å². The third-order valence-electron chi connectivity index (χ3n) is 4.62. The van der Waals surface area contributed by atoms with Crippen LogP contribution in [0.5, 0.6) is 5.75 Å². The summed E-state index contributed by atoms with van der Waals surface area (Å²) in [5, 5.41) is 0. The number of benzene rings is 1. The molecule has 0 spiro atoms. The maximum atomic E-state index is 12.1. The summed E-state index contributed by atoms with van der Waals surface area (Å²) < 4.78 is 5.76. The maximum Gasteiger partial charge on any atom is 0.138 e. The molecule has 126 valence electrons. The number of ether oxygens (including phenoxy) is 1. The standard InChI is InChI=1S/C21H30O2/c1-4-5-6-15-23-20-13-11-18(12-14-20)17-7-9-19(10-8-17)21(22)16(2)3/h7,11-14,16,19H,4-6,8-10,15H2,1-3H3. The summed E-state index contributed by atoms with van der Waals surface area (Å²) in [6.07, 6.45) is 8.69. The molecule has 1 aromatic carbocycles. The molecular weight excluding hydrogens is 284 g/mol. The summed E-state index contributed by atoms with van der Waals surface area (Å²) in [6, 6.07) is 8.41. The number of unbranched alkanes of at least 4 members (excludes halogenated alkanes) is 2. The molecule has 0 heterocycles. The Morgan fingerprint density at radius 3 is 2.52 bits per heavy atom. The number of ketones is 1. The lowest BCUT2D eigenvalue weighted by atomic mass is 9.81. The smallest absolute Gasteiger partial charge is 0.138 e. The SMILES string of the molecule is CCCCCOc1ccc(C2=CCC(C(=O)C(C)C)CC2)cc1. The van der Waals surface area contributed by atoms with Crippen molar-refractivity contribution in [1.29, 1.82) is 0 Å². The Morgan fingerprint density at radius 2 is 1.96 bits per heavy atom. The van der Waals surface area contributed by atoms with Gasteiger partial charge in [0.05, 0.1) is 6.61 Å². The molecule has 0 fully saturated rings. The fraction of sp³-hybridized carbons (Fsp3) is 0.571. The van der Waals surface area contributed by atoms with Crippen LogP contribution in [0.3, 0.4) is 0 Å². The molecule has 0 N–H and O–H groups in total. The van der Waals surface area contributed by atoms with Crippen molar-refractivity contribution in [2.45, 2.75) is 59.3 Å². The molecule has 2 nitrogen and oxygen atoms in total. The fourth-order valence-electron chi connectivity index (χ4n) is 3.13. The first-order valence-corrected chi connectivity index (χ1v) is 9.07. The van der Waals surface area contributed by atoms with Gasteiger partial charge in [0.25, 0.3) is 0 Å². The van der Waals surface area contributed by atoms with Gasteiger partial charge in [0.2, 0.25) is 0 Å². The number of hydrogen-bond donors (Lipinski definition) is 0. The molecule has 2 rings (SSSR count). The molecule has 0 saturated carbocycles. The predicted octanol–water partition coefficient (Wildman–Crippen LogP) is 5.66. The molecule has 2 heteroatoms. The third kappa shape index (κ3) is 5.23. The van der Waals surface area contributed by atoms with Gasteiger partial charge in [-0.25, -0.2) is 0 Å². The molecule has 23 heavy (non-hydrogen) atoms. The van der Waals surface area contributed by atoms with E-state index >= 15 is 0 Å². The zero-order valence-corrected chi connectivity index (χ0v) is 14.8. The number of allylic oxidation sites excluding steroid dienone is 2. The van der Waals surface area contributed by atoms with Gasteiger partial charge in [0, 0.05) is 11.8 Å². The summed E-state index contributed by atoms with van der Waals surface area (Å²) in [4.78, 5) is 12.1. The van der Waals surface area contributed by atoms with Gasteiger partial charge in [0.15, 0.2) is 0 Å². The zero-order chi connectivity index (χ0) is 16.7. The average Bonchev–Trinajstić information content (AvgIpc) is 2.59. The summed E-state index contributed by atoms with van der Waals surface area (Å²) in [5.74, 6) is 1.74. The van der Waals surface area contributed by atoms with Crippen molar-refractivity contribution in [3.63, 3.8) is 0 Å². The van der Waals surface area contributed by atoms with E-state index in [4.69, 9.17) is 4.74 Å². The Bertz CT molecular complexity index is 525. The molecule has 1 aromatic rings. The second-order valence-electron chi connectivity index (χ2n) is 6.84. The van der Waals surface area contributed by atoms with Gasteiger partial charge >= 0.3 is 0 Å². The Kier molecular flexibility index (Phi) is 6.88. The molecule has 0 aromatic heterocycles. The lowest BCUT2D eigenvalue weighted by molar-refractivity contribution is -0.126. The van der Waals surface area contributed by atoms with E-state index in [0.29, 0.717) is 5.78 Å². The van der Waals surface area contributed by atoms with Crippen LogP contribution in [0.25, 0.3) is 5.57 Å². The number of carbonyl (C=O) groups is 1. The second-order valence-corrected chi connectivity index (χ2v) is 6.84. The van der Waals surface area contributed by atoms with Gasteiger partial charge in [-0.15, -0.1) is 0 Å². The fourth-order valence-corrected chi connectivity index (χ4v) is 3.13. The lowest BCUT2D eigenvalue weighted by Crippen LogP contribution is -2.21. The first-order chi connectivity index (χ1) is 11.1. The minimum Gasteiger partial charge on any atom is -0.494 e. The molecule has 0 aliphatic heterocycles. The highest BCUT2D eigenvalue weighted by Crippen LogP contribution is 2.32. The first-order valence-electron chi connectivity index (χ1n) is 9.07. The maximum absolute atomic E-state index is 12.1. The third-order valence-corrected chi connectivity index (χ3v) is 4.62. The Balaban J connectivity index is 1.89. The molecule has 1 atom stereocenters. The second kappa shape index (κ2) is 8.90. The number of Topliss-reactive ketones (excluding diaryl/α,β-unsaturated/α-hetero) is 1. The summed E-state index contributed by atoms with van der Waals surface area (Å²) in [5.41, 5.74) is 2.64. The molecule has 1 aliphatic rings. The van der Waals surface area contributed by atoms with E-state index in [9.17, 15) is 4.79 Å². The molecule has 0 amide bonds. The first kappa shape index (κ1) is 17.8. The van der Waals surface area contributed by atoms with Gasteiger partial charge in [-0.05, 0) is 49.0 Å². The molecular formula is C21H30O2. The van der Waals surface area contributed by atoms with Crippen LogP contribution in [0.2, 0.25) is 0 Å². The van der Waals surface area contributed by atoms with Crippen LogP contribution in [0.4, 0.5) is 0 Å². The van der Waals surface area contributed by atoms with E-state index in [2.05, 4.69) is 37.3 Å². The number of carbonyl (C=O) groups excluding carboxylic acids is 1. The van der Waals surface area contributed by atoms with Gasteiger partial charge in [-0.2, -0.15) is 0 Å². The monoisotopic (exact) mass is 314 g/mol. The van der Waals surface area contributed by atoms with Crippen LogP contribution < -0.4 is 4.74 Å². The van der Waals surface area contributed by atoms with E-state index in [1.54, 1.807) is 0 Å². The van der Waals surface area contributed by atoms with Crippen molar-refractivity contribution in [3.05, 3.63) is 35.9 Å². The van der Waals surface area contributed by atoms with Crippen molar-refractivity contribution in [2.75, 3.05) is 6.61 Å². The van der Waals surface area contributed by atoms with Crippen molar-refractivity contribution in [1.82, 2.24) is 0 Å². The summed E-state index contributed by atoms with van der Waals surface area (Å²) >= 11 is 0. The molecule has 1 unspecified atom stereocenters. The van der Waals surface area contributed by atoms with Crippen LogP contribution >= 0.6 is 0 Å². The van der Waals surface area contributed by atoms with E-state index < -0.39 is 0 Å². The molecule has 0 saturated heterocycles. The normalized spacial score (nSPS) is 17.9. The van der Waals surface area contributed by atoms with Gasteiger partial charge in [-0.1, -0.05) is 51.8 Å². The van der Waals surface area contributed by atoms with Crippen LogP contribution in [0.15, 0.2) is 30.3 Å². The Labute approximate surface area is 140 Å². The Hall–Kier alpha value is -1.57. The number of rotatable bonds is 8. The van der Waals surface area contributed by atoms with E-state index in [1.165, 1.54) is 24.0 Å². The average molecular weight is 314 g/mol. The van der Waals surface area contributed by atoms with Crippen LogP contribution in [-0.4, -0.2) is 12.4 Å².